The predicted molar refractivity (Wildman–Crippen MR) is 76.3 cm³/mol. The molecule has 0 amide bonds. The third-order valence-electron chi connectivity index (χ3n) is 3.44. The van der Waals surface area contributed by atoms with Crippen LogP contribution < -0.4 is 10.0 Å². The van der Waals surface area contributed by atoms with E-state index in [0.29, 0.717) is 13.1 Å². The maximum absolute atomic E-state index is 13.9. The van der Waals surface area contributed by atoms with Gasteiger partial charge in [-0.3, -0.25) is 0 Å². The molecule has 6 heteroatoms. The van der Waals surface area contributed by atoms with Crippen LogP contribution in [0.5, 0.6) is 0 Å². The largest absolute Gasteiger partial charge is 0.316 e. The molecule has 1 fully saturated rings. The number of hydrogen-bond acceptors (Lipinski definition) is 3. The Morgan fingerprint density at radius 1 is 1.35 bits per heavy atom. The van der Waals surface area contributed by atoms with Crippen molar-refractivity contribution in [3.05, 3.63) is 29.6 Å². The zero-order valence-corrected chi connectivity index (χ0v) is 12.5. The molecule has 0 aromatic heterocycles. The molecule has 20 heavy (non-hydrogen) atoms. The van der Waals surface area contributed by atoms with Crippen LogP contribution in [0.2, 0.25) is 0 Å². The average Bonchev–Trinajstić information content (AvgIpc) is 3.19. The molecule has 0 heterocycles. The summed E-state index contributed by atoms with van der Waals surface area (Å²) < 4.78 is 40.4. The molecule has 4 nitrogen and oxygen atoms in total. The quantitative estimate of drug-likeness (QED) is 0.722. The van der Waals surface area contributed by atoms with E-state index in [1.807, 2.05) is 0 Å². The van der Waals surface area contributed by atoms with Gasteiger partial charge in [-0.1, -0.05) is 18.9 Å². The molecule has 1 aromatic carbocycles. The number of nitrogens with one attached hydrogen (secondary N) is 2. The van der Waals surface area contributed by atoms with E-state index < -0.39 is 15.8 Å². The summed E-state index contributed by atoms with van der Waals surface area (Å²) in [5.74, 6) is 0.0736. The van der Waals surface area contributed by atoms with Crippen molar-refractivity contribution in [1.82, 2.24) is 10.0 Å². The highest BCUT2D eigenvalue weighted by Crippen LogP contribution is 2.33. The van der Waals surface area contributed by atoms with Gasteiger partial charge >= 0.3 is 0 Å². The molecule has 0 saturated heterocycles. The Morgan fingerprint density at radius 3 is 2.70 bits per heavy atom. The fourth-order valence-corrected chi connectivity index (χ4v) is 3.29. The first-order valence-electron chi connectivity index (χ1n) is 6.95. The molecule has 1 aromatic rings. The van der Waals surface area contributed by atoms with Crippen LogP contribution in [0.25, 0.3) is 0 Å². The number of rotatable bonds is 8. The summed E-state index contributed by atoms with van der Waals surface area (Å²) in [7, 11) is -1.99. The minimum absolute atomic E-state index is 0.274. The van der Waals surface area contributed by atoms with E-state index in [4.69, 9.17) is 0 Å². The van der Waals surface area contributed by atoms with Gasteiger partial charge in [0.05, 0.1) is 0 Å². The molecule has 2 N–H and O–H groups in total. The van der Waals surface area contributed by atoms with Crippen molar-refractivity contribution >= 4 is 10.0 Å². The van der Waals surface area contributed by atoms with E-state index >= 15 is 0 Å². The first-order chi connectivity index (χ1) is 9.53. The van der Waals surface area contributed by atoms with E-state index in [-0.39, 0.29) is 4.90 Å². The third-order valence-corrected chi connectivity index (χ3v) is 4.94. The van der Waals surface area contributed by atoms with Crippen molar-refractivity contribution in [3.8, 4) is 0 Å². The van der Waals surface area contributed by atoms with Crippen molar-refractivity contribution < 1.29 is 12.8 Å². The summed E-state index contributed by atoms with van der Waals surface area (Å²) in [5.41, 5.74) is 0.720. The van der Waals surface area contributed by atoms with Gasteiger partial charge in [0, 0.05) is 13.1 Å². The van der Waals surface area contributed by atoms with E-state index in [0.717, 1.165) is 24.3 Å². The number of sulfonamides is 1. The van der Waals surface area contributed by atoms with Gasteiger partial charge in [-0.15, -0.1) is 0 Å². The Kier molecular flexibility index (Phi) is 5.12. The minimum Gasteiger partial charge on any atom is -0.316 e. The lowest BCUT2D eigenvalue weighted by Gasteiger charge is -2.09. The second-order valence-corrected chi connectivity index (χ2v) is 7.01. The van der Waals surface area contributed by atoms with Gasteiger partial charge in [0.15, 0.2) is 0 Å². The molecule has 0 unspecified atom stereocenters. The first-order valence-corrected chi connectivity index (χ1v) is 8.44. The van der Waals surface area contributed by atoms with Crippen LogP contribution in [0.3, 0.4) is 0 Å². The zero-order chi connectivity index (χ0) is 14.6. The van der Waals surface area contributed by atoms with Gasteiger partial charge in [-0.05, 0) is 43.5 Å². The molecule has 1 saturated carbocycles. The Labute approximate surface area is 119 Å². The Bertz CT molecular complexity index is 556. The predicted octanol–water partition coefficient (Wildman–Crippen LogP) is 2.01. The van der Waals surface area contributed by atoms with Crippen molar-refractivity contribution in [3.63, 3.8) is 0 Å². The van der Waals surface area contributed by atoms with Crippen LogP contribution in [0.1, 0.15) is 31.2 Å². The molecule has 0 spiro atoms. The highest BCUT2D eigenvalue weighted by molar-refractivity contribution is 7.89. The Morgan fingerprint density at radius 2 is 2.10 bits per heavy atom. The summed E-state index contributed by atoms with van der Waals surface area (Å²) in [4.78, 5) is -0.274. The minimum atomic E-state index is -3.75. The fourth-order valence-electron chi connectivity index (χ4n) is 2.16. The van der Waals surface area contributed by atoms with E-state index in [1.165, 1.54) is 25.0 Å². The second kappa shape index (κ2) is 6.65. The summed E-state index contributed by atoms with van der Waals surface area (Å²) in [6.07, 6.45) is 4.37. The van der Waals surface area contributed by atoms with Crippen LogP contribution in [0.4, 0.5) is 4.39 Å². The van der Waals surface area contributed by atoms with Crippen molar-refractivity contribution in [2.75, 3.05) is 13.6 Å². The molecule has 1 aliphatic rings. The molecule has 0 bridgehead atoms. The lowest BCUT2D eigenvalue weighted by Crippen LogP contribution is -2.26. The normalized spacial score (nSPS) is 15.5. The lowest BCUT2D eigenvalue weighted by molar-refractivity contribution is 0.550. The SMILES string of the molecule is CNCc1ccc(S(=O)(=O)NCCCC2CC2)c(F)c1. The molecule has 1 aliphatic carbocycles. The smallest absolute Gasteiger partial charge is 0.243 e. The summed E-state index contributed by atoms with van der Waals surface area (Å²) in [5, 5.41) is 2.90. The molecule has 0 atom stereocenters. The van der Waals surface area contributed by atoms with Gasteiger partial charge in [0.25, 0.3) is 0 Å². The maximum atomic E-state index is 13.9. The lowest BCUT2D eigenvalue weighted by atomic mass is 10.2. The molecular formula is C14H21FN2O2S. The van der Waals surface area contributed by atoms with Crippen molar-refractivity contribution in [1.29, 1.82) is 0 Å². The maximum Gasteiger partial charge on any atom is 0.243 e. The van der Waals surface area contributed by atoms with E-state index in [1.54, 1.807) is 13.1 Å². The van der Waals surface area contributed by atoms with E-state index in [2.05, 4.69) is 10.0 Å². The third kappa shape index (κ3) is 4.26. The highest BCUT2D eigenvalue weighted by Gasteiger charge is 2.22. The fraction of sp³-hybridized carbons (Fsp3) is 0.571. The average molecular weight is 300 g/mol. The number of hydrogen-bond donors (Lipinski definition) is 2. The van der Waals surface area contributed by atoms with Crippen LogP contribution in [-0.4, -0.2) is 22.0 Å². The highest BCUT2D eigenvalue weighted by atomic mass is 32.2. The number of benzene rings is 1. The van der Waals surface area contributed by atoms with Crippen LogP contribution in [0, 0.1) is 11.7 Å². The zero-order valence-electron chi connectivity index (χ0n) is 11.7. The van der Waals surface area contributed by atoms with Crippen molar-refractivity contribution in [2.45, 2.75) is 37.1 Å². The standard InChI is InChI=1S/C14H21FN2O2S/c1-16-10-12-6-7-14(13(15)9-12)20(18,19)17-8-2-3-11-4-5-11/h6-7,9,11,16-17H,2-5,8,10H2,1H3. The molecule has 0 aliphatic heterocycles. The Balaban J connectivity index is 1.96. The van der Waals surface area contributed by atoms with Crippen LogP contribution in [-0.2, 0) is 16.6 Å². The summed E-state index contributed by atoms with van der Waals surface area (Å²) in [6, 6.07) is 4.21. The molecule has 112 valence electrons. The second-order valence-electron chi connectivity index (χ2n) is 5.28. The van der Waals surface area contributed by atoms with Crippen LogP contribution >= 0.6 is 0 Å². The van der Waals surface area contributed by atoms with Gasteiger partial charge in [0.2, 0.25) is 10.0 Å². The first kappa shape index (κ1) is 15.4. The number of halogens is 1. The van der Waals surface area contributed by atoms with Gasteiger partial charge < -0.3 is 5.32 Å². The molecular weight excluding hydrogens is 279 g/mol. The van der Waals surface area contributed by atoms with Gasteiger partial charge in [-0.2, -0.15) is 0 Å². The Hall–Kier alpha value is -0.980. The van der Waals surface area contributed by atoms with Gasteiger partial charge in [-0.25, -0.2) is 17.5 Å². The summed E-state index contributed by atoms with van der Waals surface area (Å²) >= 11 is 0. The van der Waals surface area contributed by atoms with Crippen molar-refractivity contribution in [2.24, 2.45) is 5.92 Å². The van der Waals surface area contributed by atoms with E-state index in [9.17, 15) is 12.8 Å². The summed E-state index contributed by atoms with van der Waals surface area (Å²) in [6.45, 7) is 0.878. The van der Waals surface area contributed by atoms with Gasteiger partial charge in [0.1, 0.15) is 10.7 Å². The molecule has 2 rings (SSSR count). The van der Waals surface area contributed by atoms with Crippen LogP contribution in [0.15, 0.2) is 23.1 Å². The monoisotopic (exact) mass is 300 g/mol. The topological polar surface area (TPSA) is 58.2 Å². The molecule has 0 radical (unpaired) electrons.